The van der Waals surface area contributed by atoms with Crippen molar-refractivity contribution >= 4 is 17.9 Å². The van der Waals surface area contributed by atoms with E-state index in [1.54, 1.807) is 0 Å². The number of quaternary nitrogens is 1. The summed E-state index contributed by atoms with van der Waals surface area (Å²) in [7, 11) is 5.42. The van der Waals surface area contributed by atoms with E-state index in [2.05, 4.69) is 50.3 Å². The minimum absolute atomic E-state index is 0.0433. The number of carboxylic acid groups (broad SMARTS) is 1. The molecule has 0 fully saturated rings. The minimum Gasteiger partial charge on any atom is -0.544 e. The van der Waals surface area contributed by atoms with Crippen LogP contribution in [0.1, 0.15) is 245 Å². The number of hydrogen-bond acceptors (Lipinski definition) is 7. The SMILES string of the molecule is CC/C=C/C/C=C/C/C=C/CCCCCCCCCCCCC(=O)OCC(COCCC(C(=O)[O-])[N+](C)(C)C)OC(=O)CCCCCCCCCCCCCCCCCCCCC. The van der Waals surface area contributed by atoms with Gasteiger partial charge in [-0.25, -0.2) is 0 Å². The van der Waals surface area contributed by atoms with Gasteiger partial charge in [-0.15, -0.1) is 0 Å². The molecule has 0 saturated heterocycles. The van der Waals surface area contributed by atoms with Crippen LogP contribution in [0.5, 0.6) is 0 Å². The summed E-state index contributed by atoms with van der Waals surface area (Å²) in [5.74, 6) is -1.72. The number of aliphatic carboxylic acids is 1. The zero-order valence-electron chi connectivity index (χ0n) is 42.0. The summed E-state index contributed by atoms with van der Waals surface area (Å²) in [5.41, 5.74) is 0. The number of rotatable bonds is 48. The average Bonchev–Trinajstić information content (AvgIpc) is 3.24. The number of nitrogens with zero attached hydrogens (tertiary/aromatic N) is 1. The molecule has 0 aromatic rings. The number of carboxylic acids is 1. The lowest BCUT2D eigenvalue weighted by Gasteiger charge is -2.34. The van der Waals surface area contributed by atoms with Crippen molar-refractivity contribution in [3.63, 3.8) is 0 Å². The fraction of sp³-hybridized carbons (Fsp3) is 0.836. The van der Waals surface area contributed by atoms with Crippen LogP contribution in [0.25, 0.3) is 0 Å². The molecular formula is C55H101NO7. The number of ether oxygens (including phenoxy) is 3. The highest BCUT2D eigenvalue weighted by atomic mass is 16.6. The molecule has 0 rings (SSSR count). The lowest BCUT2D eigenvalue weighted by atomic mass is 10.0. The molecule has 8 heteroatoms. The van der Waals surface area contributed by atoms with Crippen LogP contribution >= 0.6 is 0 Å². The minimum atomic E-state index is -1.12. The second-order valence-electron chi connectivity index (χ2n) is 19.1. The predicted molar refractivity (Wildman–Crippen MR) is 263 cm³/mol. The average molecular weight is 888 g/mol. The molecule has 0 aromatic carbocycles. The van der Waals surface area contributed by atoms with Gasteiger partial charge in [0, 0.05) is 19.3 Å². The second kappa shape index (κ2) is 46.1. The zero-order chi connectivity index (χ0) is 46.3. The van der Waals surface area contributed by atoms with Gasteiger partial charge in [-0.05, 0) is 44.9 Å². The first-order valence-electron chi connectivity index (χ1n) is 26.5. The first-order chi connectivity index (χ1) is 30.6. The van der Waals surface area contributed by atoms with Crippen molar-refractivity contribution in [3.8, 4) is 0 Å². The molecule has 0 bridgehead atoms. The van der Waals surface area contributed by atoms with E-state index in [1.807, 2.05) is 21.1 Å². The van der Waals surface area contributed by atoms with Crippen LogP contribution in [0.2, 0.25) is 0 Å². The van der Waals surface area contributed by atoms with Gasteiger partial charge in [0.25, 0.3) is 0 Å². The van der Waals surface area contributed by atoms with Gasteiger partial charge in [0.1, 0.15) is 12.6 Å². The van der Waals surface area contributed by atoms with Gasteiger partial charge in [0.15, 0.2) is 6.10 Å². The Labute approximate surface area is 389 Å². The Hall–Kier alpha value is -2.45. The van der Waals surface area contributed by atoms with Crippen molar-refractivity contribution in [2.45, 2.75) is 257 Å². The van der Waals surface area contributed by atoms with Crippen LogP contribution in [0.15, 0.2) is 36.5 Å². The summed E-state index contributed by atoms with van der Waals surface area (Å²) >= 11 is 0. The Bertz CT molecular complexity index is 1130. The summed E-state index contributed by atoms with van der Waals surface area (Å²) in [6.45, 7) is 4.59. The third-order valence-electron chi connectivity index (χ3n) is 12.0. The summed E-state index contributed by atoms with van der Waals surface area (Å²) in [6.07, 6.45) is 54.6. The molecule has 0 radical (unpaired) electrons. The quantitative estimate of drug-likeness (QED) is 0.0259. The van der Waals surface area contributed by atoms with Gasteiger partial charge in [-0.2, -0.15) is 0 Å². The number of likely N-dealkylation sites (N-methyl/N-ethyl adjacent to an activating group) is 1. The van der Waals surface area contributed by atoms with Crippen LogP contribution in [0.3, 0.4) is 0 Å². The molecule has 2 unspecified atom stereocenters. The first kappa shape index (κ1) is 60.5. The van der Waals surface area contributed by atoms with Gasteiger partial charge < -0.3 is 28.6 Å². The number of unbranched alkanes of at least 4 members (excludes halogenated alkanes) is 28. The molecular weight excluding hydrogens is 787 g/mol. The van der Waals surface area contributed by atoms with Crippen molar-refractivity contribution in [1.29, 1.82) is 0 Å². The summed E-state index contributed by atoms with van der Waals surface area (Å²) < 4.78 is 17.3. The molecule has 63 heavy (non-hydrogen) atoms. The number of esters is 2. The van der Waals surface area contributed by atoms with Crippen LogP contribution < -0.4 is 5.11 Å². The number of hydrogen-bond donors (Lipinski definition) is 0. The zero-order valence-corrected chi connectivity index (χ0v) is 42.0. The standard InChI is InChI=1S/C55H101NO7/c1-6-8-10-12-14-16-18-20-22-24-26-28-29-31-33-35-37-39-41-43-45-53(57)62-50-51(49-61-48-47-52(55(59)60)56(3,4)5)63-54(58)46-44-42-40-38-36-34-32-30-27-25-23-21-19-17-15-13-11-9-7-2/h8,10,14,16,20,22,51-52H,6-7,9,11-13,15,17-19,21,23-50H2,1-5H3/b10-8+,16-14+,22-20+. The fourth-order valence-corrected chi connectivity index (χ4v) is 7.97. The van der Waals surface area contributed by atoms with Crippen molar-refractivity contribution in [2.75, 3.05) is 41.0 Å². The molecule has 8 nitrogen and oxygen atoms in total. The van der Waals surface area contributed by atoms with Gasteiger partial charge in [0.05, 0.1) is 40.3 Å². The monoisotopic (exact) mass is 888 g/mol. The number of carbonyl (C=O) groups is 3. The molecule has 0 spiro atoms. The molecule has 0 saturated carbocycles. The Kier molecular flexibility index (Phi) is 44.3. The van der Waals surface area contributed by atoms with Gasteiger partial charge >= 0.3 is 11.9 Å². The van der Waals surface area contributed by atoms with E-state index in [-0.39, 0.29) is 42.7 Å². The van der Waals surface area contributed by atoms with Crippen LogP contribution in [-0.4, -0.2) is 75.5 Å². The summed E-state index contributed by atoms with van der Waals surface area (Å²) in [6, 6.07) is -0.725. The third-order valence-corrected chi connectivity index (χ3v) is 12.0. The van der Waals surface area contributed by atoms with E-state index >= 15 is 0 Å². The van der Waals surface area contributed by atoms with Gasteiger partial charge in [-0.1, -0.05) is 217 Å². The van der Waals surface area contributed by atoms with E-state index in [0.29, 0.717) is 12.8 Å². The lowest BCUT2D eigenvalue weighted by Crippen LogP contribution is -2.55. The lowest BCUT2D eigenvalue weighted by molar-refractivity contribution is -0.889. The number of allylic oxidation sites excluding steroid dienone is 6. The van der Waals surface area contributed by atoms with Crippen LogP contribution in [0, 0.1) is 0 Å². The molecule has 0 amide bonds. The van der Waals surface area contributed by atoms with E-state index < -0.39 is 18.1 Å². The van der Waals surface area contributed by atoms with E-state index in [4.69, 9.17) is 14.2 Å². The van der Waals surface area contributed by atoms with Crippen molar-refractivity contribution in [3.05, 3.63) is 36.5 Å². The summed E-state index contributed by atoms with van der Waals surface area (Å²) in [4.78, 5) is 37.1. The van der Waals surface area contributed by atoms with Crippen LogP contribution in [-0.2, 0) is 28.6 Å². The normalized spacial score (nSPS) is 13.1. The molecule has 0 heterocycles. The molecule has 0 aliphatic heterocycles. The Morgan fingerprint density at radius 3 is 1.32 bits per heavy atom. The maximum absolute atomic E-state index is 12.8. The molecule has 0 aliphatic carbocycles. The highest BCUT2D eigenvalue weighted by Crippen LogP contribution is 2.17. The summed E-state index contributed by atoms with van der Waals surface area (Å²) in [5, 5.41) is 11.7. The first-order valence-corrected chi connectivity index (χ1v) is 26.5. The smallest absolute Gasteiger partial charge is 0.306 e. The Morgan fingerprint density at radius 1 is 0.492 bits per heavy atom. The van der Waals surface area contributed by atoms with Crippen molar-refractivity contribution in [2.24, 2.45) is 0 Å². The third kappa shape index (κ3) is 44.5. The van der Waals surface area contributed by atoms with Gasteiger partial charge in [0.2, 0.25) is 0 Å². The highest BCUT2D eigenvalue weighted by molar-refractivity contribution is 5.70. The topological polar surface area (TPSA) is 102 Å². The molecule has 2 atom stereocenters. The Morgan fingerprint density at radius 2 is 0.889 bits per heavy atom. The molecule has 0 aliphatic rings. The second-order valence-corrected chi connectivity index (χ2v) is 19.1. The maximum atomic E-state index is 12.8. The Balaban J connectivity index is 4.20. The van der Waals surface area contributed by atoms with Gasteiger partial charge in [-0.3, -0.25) is 9.59 Å². The van der Waals surface area contributed by atoms with Crippen LogP contribution in [0.4, 0.5) is 0 Å². The molecule has 0 N–H and O–H groups in total. The molecule has 0 aromatic heterocycles. The largest absolute Gasteiger partial charge is 0.544 e. The van der Waals surface area contributed by atoms with Crippen molar-refractivity contribution in [1.82, 2.24) is 0 Å². The number of carbonyl (C=O) groups excluding carboxylic acids is 3. The predicted octanol–water partition coefficient (Wildman–Crippen LogP) is 14.0. The molecule has 368 valence electrons. The maximum Gasteiger partial charge on any atom is 0.306 e. The van der Waals surface area contributed by atoms with E-state index in [1.165, 1.54) is 154 Å². The van der Waals surface area contributed by atoms with Crippen molar-refractivity contribution < 1.29 is 38.2 Å². The fourth-order valence-electron chi connectivity index (χ4n) is 7.97. The van der Waals surface area contributed by atoms with E-state index in [0.717, 1.165) is 57.8 Å². The van der Waals surface area contributed by atoms with E-state index in [9.17, 15) is 19.5 Å². The highest BCUT2D eigenvalue weighted by Gasteiger charge is 2.25.